The summed E-state index contributed by atoms with van der Waals surface area (Å²) in [5, 5.41) is 13.4. The van der Waals surface area contributed by atoms with Crippen molar-refractivity contribution >= 4 is 26.9 Å². The van der Waals surface area contributed by atoms with Gasteiger partial charge in [0.05, 0.1) is 6.04 Å². The highest BCUT2D eigenvalue weighted by atomic mass is 79.9. The van der Waals surface area contributed by atoms with Gasteiger partial charge < -0.3 is 14.8 Å². The van der Waals surface area contributed by atoms with Gasteiger partial charge in [0.15, 0.2) is 0 Å². The zero-order valence-corrected chi connectivity index (χ0v) is 12.2. The van der Waals surface area contributed by atoms with Gasteiger partial charge in [-0.15, -0.1) is 0 Å². The maximum atomic E-state index is 8.90. The molecule has 2 rings (SSSR count). The number of halogens is 1. The van der Waals surface area contributed by atoms with Gasteiger partial charge in [0.1, 0.15) is 11.3 Å². The summed E-state index contributed by atoms with van der Waals surface area (Å²) >= 11 is 3.45. The van der Waals surface area contributed by atoms with Crippen LogP contribution in [0.15, 0.2) is 33.2 Å². The van der Waals surface area contributed by atoms with Crippen LogP contribution in [-0.4, -0.2) is 17.8 Å². The molecule has 0 aliphatic carbocycles. The normalized spacial score (nSPS) is 14.9. The molecule has 1 unspecified atom stereocenters. The number of aliphatic hydroxyl groups is 1. The number of benzene rings is 1. The van der Waals surface area contributed by atoms with Crippen LogP contribution >= 0.6 is 15.9 Å². The van der Waals surface area contributed by atoms with Crippen LogP contribution in [0.3, 0.4) is 0 Å². The molecule has 0 spiro atoms. The van der Waals surface area contributed by atoms with E-state index in [9.17, 15) is 0 Å². The van der Waals surface area contributed by atoms with E-state index in [1.54, 1.807) is 0 Å². The molecule has 2 atom stereocenters. The Labute approximate surface area is 115 Å². The summed E-state index contributed by atoms with van der Waals surface area (Å²) in [6, 6.07) is 8.45. The highest BCUT2D eigenvalue weighted by Crippen LogP contribution is 2.26. The average Bonchev–Trinajstić information content (AvgIpc) is 2.72. The van der Waals surface area contributed by atoms with Gasteiger partial charge in [-0.3, -0.25) is 0 Å². The molecule has 0 aliphatic heterocycles. The Morgan fingerprint density at radius 3 is 2.83 bits per heavy atom. The number of nitrogens with one attached hydrogen (secondary N) is 1. The van der Waals surface area contributed by atoms with E-state index in [2.05, 4.69) is 41.2 Å². The Morgan fingerprint density at radius 2 is 2.11 bits per heavy atom. The molecule has 4 heteroatoms. The van der Waals surface area contributed by atoms with Crippen molar-refractivity contribution in [2.45, 2.75) is 32.4 Å². The first-order chi connectivity index (χ1) is 8.60. The largest absolute Gasteiger partial charge is 0.459 e. The Morgan fingerprint density at radius 1 is 1.33 bits per heavy atom. The number of aliphatic hydroxyl groups excluding tert-OH is 1. The molecule has 0 bridgehead atoms. The molecule has 98 valence electrons. The second kappa shape index (κ2) is 5.87. The minimum atomic E-state index is 0.137. The van der Waals surface area contributed by atoms with Crippen molar-refractivity contribution in [1.82, 2.24) is 5.32 Å². The Balaban J connectivity index is 2.15. The molecule has 2 aromatic rings. The monoisotopic (exact) mass is 311 g/mol. The summed E-state index contributed by atoms with van der Waals surface area (Å²) in [5.74, 6) is 0.924. The summed E-state index contributed by atoms with van der Waals surface area (Å²) < 4.78 is 6.87. The predicted octanol–water partition coefficient (Wildman–Crippen LogP) is 3.62. The molecule has 0 radical (unpaired) electrons. The molecule has 0 saturated heterocycles. The molecule has 0 fully saturated rings. The standard InChI is InChI=1S/C14H18BrNO2/c1-9(5-6-17)16-10(2)14-8-11-7-12(15)3-4-13(11)18-14/h3-4,7-10,16-17H,5-6H2,1-2H3/t9-,10?/m1/s1. The fourth-order valence-corrected chi connectivity index (χ4v) is 2.41. The van der Waals surface area contributed by atoms with Gasteiger partial charge in [-0.1, -0.05) is 15.9 Å². The fourth-order valence-electron chi connectivity index (χ4n) is 2.03. The molecule has 2 N–H and O–H groups in total. The van der Waals surface area contributed by atoms with Crippen molar-refractivity contribution in [3.8, 4) is 0 Å². The fraction of sp³-hybridized carbons (Fsp3) is 0.429. The van der Waals surface area contributed by atoms with Crippen LogP contribution in [0, 0.1) is 0 Å². The van der Waals surface area contributed by atoms with Gasteiger partial charge in [0, 0.05) is 22.5 Å². The number of hydrogen-bond acceptors (Lipinski definition) is 3. The first-order valence-corrected chi connectivity index (χ1v) is 6.95. The Hall–Kier alpha value is -0.840. The number of fused-ring (bicyclic) bond motifs is 1. The van der Waals surface area contributed by atoms with Crippen molar-refractivity contribution in [3.05, 3.63) is 34.5 Å². The minimum absolute atomic E-state index is 0.137. The third kappa shape index (κ3) is 3.13. The number of hydrogen-bond donors (Lipinski definition) is 2. The van der Waals surface area contributed by atoms with E-state index in [1.807, 2.05) is 18.2 Å². The molecule has 1 aromatic heterocycles. The molecule has 0 amide bonds. The van der Waals surface area contributed by atoms with E-state index in [-0.39, 0.29) is 18.7 Å². The third-order valence-electron chi connectivity index (χ3n) is 3.02. The summed E-state index contributed by atoms with van der Waals surface area (Å²) in [4.78, 5) is 0. The predicted molar refractivity (Wildman–Crippen MR) is 76.6 cm³/mol. The maximum Gasteiger partial charge on any atom is 0.134 e. The molecule has 0 saturated carbocycles. The number of rotatable bonds is 5. The third-order valence-corrected chi connectivity index (χ3v) is 3.51. The van der Waals surface area contributed by atoms with Crippen molar-refractivity contribution < 1.29 is 9.52 Å². The average molecular weight is 312 g/mol. The zero-order chi connectivity index (χ0) is 13.1. The van der Waals surface area contributed by atoms with Gasteiger partial charge in [-0.25, -0.2) is 0 Å². The van der Waals surface area contributed by atoms with E-state index in [4.69, 9.17) is 9.52 Å². The minimum Gasteiger partial charge on any atom is -0.459 e. The molecular formula is C14H18BrNO2. The van der Waals surface area contributed by atoms with E-state index in [1.165, 1.54) is 0 Å². The number of furan rings is 1. The smallest absolute Gasteiger partial charge is 0.134 e. The molecule has 0 aliphatic rings. The van der Waals surface area contributed by atoms with Crippen molar-refractivity contribution in [2.75, 3.05) is 6.61 Å². The van der Waals surface area contributed by atoms with Crippen LogP contribution in [-0.2, 0) is 0 Å². The lowest BCUT2D eigenvalue weighted by molar-refractivity contribution is 0.261. The summed E-state index contributed by atoms with van der Waals surface area (Å²) in [6.07, 6.45) is 0.746. The highest BCUT2D eigenvalue weighted by Gasteiger charge is 2.13. The lowest BCUT2D eigenvalue weighted by atomic mass is 10.1. The second-order valence-electron chi connectivity index (χ2n) is 4.63. The molecule has 1 heterocycles. The first-order valence-electron chi connectivity index (χ1n) is 6.16. The first kappa shape index (κ1) is 13.6. The lowest BCUT2D eigenvalue weighted by Gasteiger charge is -2.17. The van der Waals surface area contributed by atoms with Crippen LogP contribution in [0.4, 0.5) is 0 Å². The van der Waals surface area contributed by atoms with Crippen molar-refractivity contribution in [1.29, 1.82) is 0 Å². The van der Waals surface area contributed by atoms with Gasteiger partial charge in [-0.2, -0.15) is 0 Å². The van der Waals surface area contributed by atoms with Crippen LogP contribution in [0.5, 0.6) is 0 Å². The van der Waals surface area contributed by atoms with E-state index < -0.39 is 0 Å². The maximum absolute atomic E-state index is 8.90. The van der Waals surface area contributed by atoms with Gasteiger partial charge in [-0.05, 0) is 44.5 Å². The molecule has 1 aromatic carbocycles. The Kier molecular flexibility index (Phi) is 4.43. The van der Waals surface area contributed by atoms with Crippen molar-refractivity contribution in [3.63, 3.8) is 0 Å². The van der Waals surface area contributed by atoms with Gasteiger partial charge >= 0.3 is 0 Å². The second-order valence-corrected chi connectivity index (χ2v) is 5.55. The lowest BCUT2D eigenvalue weighted by Crippen LogP contribution is -2.29. The van der Waals surface area contributed by atoms with Crippen LogP contribution in [0.25, 0.3) is 11.0 Å². The summed E-state index contributed by atoms with van der Waals surface area (Å²) in [6.45, 7) is 4.33. The molecular weight excluding hydrogens is 294 g/mol. The summed E-state index contributed by atoms with van der Waals surface area (Å²) in [5.41, 5.74) is 0.900. The van der Waals surface area contributed by atoms with Gasteiger partial charge in [0.25, 0.3) is 0 Å². The Bertz CT molecular complexity index is 523. The van der Waals surface area contributed by atoms with Crippen molar-refractivity contribution in [2.24, 2.45) is 0 Å². The topological polar surface area (TPSA) is 45.4 Å². The van der Waals surface area contributed by atoms with E-state index in [0.717, 1.165) is 27.6 Å². The van der Waals surface area contributed by atoms with Crippen LogP contribution < -0.4 is 5.32 Å². The molecule has 3 nitrogen and oxygen atoms in total. The van der Waals surface area contributed by atoms with Gasteiger partial charge in [0.2, 0.25) is 0 Å². The summed E-state index contributed by atoms with van der Waals surface area (Å²) in [7, 11) is 0. The highest BCUT2D eigenvalue weighted by molar-refractivity contribution is 9.10. The molecule has 18 heavy (non-hydrogen) atoms. The van der Waals surface area contributed by atoms with E-state index in [0.29, 0.717) is 0 Å². The van der Waals surface area contributed by atoms with Crippen LogP contribution in [0.2, 0.25) is 0 Å². The SMILES string of the molecule is CC(N[C@H](C)CCO)c1cc2cc(Br)ccc2o1. The van der Waals surface area contributed by atoms with Crippen LogP contribution in [0.1, 0.15) is 32.1 Å². The quantitative estimate of drug-likeness (QED) is 0.886. The zero-order valence-electron chi connectivity index (χ0n) is 10.6. The van der Waals surface area contributed by atoms with E-state index >= 15 is 0 Å².